The van der Waals surface area contributed by atoms with Crippen molar-refractivity contribution < 1.29 is 13.9 Å². The van der Waals surface area contributed by atoms with Gasteiger partial charge in [0.1, 0.15) is 11.6 Å². The minimum Gasteiger partial charge on any atom is -0.389 e. The normalized spacial score (nSPS) is 15.1. The van der Waals surface area contributed by atoms with Crippen LogP contribution in [-0.2, 0) is 13.0 Å². The molecule has 0 saturated heterocycles. The van der Waals surface area contributed by atoms with E-state index in [0.29, 0.717) is 28.8 Å². The first-order chi connectivity index (χ1) is 13.0. The van der Waals surface area contributed by atoms with Crippen LogP contribution in [0.1, 0.15) is 42.7 Å². The zero-order chi connectivity index (χ0) is 19.0. The van der Waals surface area contributed by atoms with Crippen molar-refractivity contribution in [2.75, 3.05) is 0 Å². The second kappa shape index (κ2) is 7.19. The molecule has 1 aliphatic rings. The van der Waals surface area contributed by atoms with Crippen molar-refractivity contribution >= 4 is 0 Å². The van der Waals surface area contributed by atoms with Gasteiger partial charge in [0.15, 0.2) is 0 Å². The van der Waals surface area contributed by atoms with E-state index in [0.717, 1.165) is 18.0 Å². The highest BCUT2D eigenvalue weighted by atomic mass is 19.1. The number of benzene rings is 1. The van der Waals surface area contributed by atoms with E-state index >= 15 is 0 Å². The molecule has 1 aliphatic carbocycles. The highest BCUT2D eigenvalue weighted by Crippen LogP contribution is 2.33. The summed E-state index contributed by atoms with van der Waals surface area (Å²) in [4.78, 5) is 4.27. The molecular weight excluding hydrogens is 348 g/mol. The average molecular weight is 369 g/mol. The number of aromatic nitrogens is 3. The number of aliphatic hydroxyl groups is 1. The van der Waals surface area contributed by atoms with Gasteiger partial charge >= 0.3 is 0 Å². The lowest BCUT2D eigenvalue weighted by Crippen LogP contribution is -2.02. The van der Waals surface area contributed by atoms with Gasteiger partial charge in [-0.05, 0) is 60.6 Å². The van der Waals surface area contributed by atoms with Gasteiger partial charge in [0.05, 0.1) is 24.2 Å². The standard InChI is InChI=1S/C21H21F2N3O/c1-13(27)19-7-16(22)4-5-18(19)20-8-17(23)10-24-21(20)6-15-9-25-26(12-15)11-14-2-3-14/h4-5,7-10,12-14,27H,2-3,6,11H2,1H3/t13-/m1/s1. The topological polar surface area (TPSA) is 50.9 Å². The van der Waals surface area contributed by atoms with E-state index in [1.807, 2.05) is 10.9 Å². The molecule has 1 atom stereocenters. The van der Waals surface area contributed by atoms with E-state index in [1.54, 1.807) is 19.2 Å². The Labute approximate surface area is 156 Å². The molecule has 6 heteroatoms. The molecule has 1 fully saturated rings. The lowest BCUT2D eigenvalue weighted by molar-refractivity contribution is 0.199. The van der Waals surface area contributed by atoms with E-state index in [4.69, 9.17) is 0 Å². The first-order valence-electron chi connectivity index (χ1n) is 9.13. The van der Waals surface area contributed by atoms with Crippen LogP contribution in [0.3, 0.4) is 0 Å². The summed E-state index contributed by atoms with van der Waals surface area (Å²) in [5.74, 6) is -0.189. The first kappa shape index (κ1) is 17.8. The zero-order valence-corrected chi connectivity index (χ0v) is 15.1. The van der Waals surface area contributed by atoms with Crippen LogP contribution < -0.4 is 0 Å². The van der Waals surface area contributed by atoms with Gasteiger partial charge < -0.3 is 5.11 Å². The molecule has 0 aliphatic heterocycles. The van der Waals surface area contributed by atoms with Crippen molar-refractivity contribution in [3.63, 3.8) is 0 Å². The molecule has 1 aromatic carbocycles. The second-order valence-electron chi connectivity index (χ2n) is 7.25. The summed E-state index contributed by atoms with van der Waals surface area (Å²) in [6.45, 7) is 2.49. The molecule has 2 aromatic heterocycles. The molecule has 0 amide bonds. The fraction of sp³-hybridized carbons (Fsp3) is 0.333. The third-order valence-electron chi connectivity index (χ3n) is 4.89. The Hall–Kier alpha value is -2.60. The van der Waals surface area contributed by atoms with Gasteiger partial charge in [-0.1, -0.05) is 6.07 Å². The molecular formula is C21H21F2N3O. The van der Waals surface area contributed by atoms with E-state index in [9.17, 15) is 13.9 Å². The van der Waals surface area contributed by atoms with Crippen LogP contribution in [0, 0.1) is 17.6 Å². The van der Waals surface area contributed by atoms with Crippen LogP contribution >= 0.6 is 0 Å². The lowest BCUT2D eigenvalue weighted by Gasteiger charge is -2.15. The third kappa shape index (κ3) is 4.06. The molecule has 2 heterocycles. The minimum absolute atomic E-state index is 0.410. The molecule has 4 nitrogen and oxygen atoms in total. The van der Waals surface area contributed by atoms with Crippen molar-refractivity contribution in [2.45, 2.75) is 38.8 Å². The average Bonchev–Trinajstić information content (AvgIpc) is 3.34. The molecule has 4 rings (SSSR count). The lowest BCUT2D eigenvalue weighted by atomic mass is 9.94. The highest BCUT2D eigenvalue weighted by molar-refractivity contribution is 5.70. The number of rotatable bonds is 6. The number of hydrogen-bond donors (Lipinski definition) is 1. The van der Waals surface area contributed by atoms with Crippen molar-refractivity contribution in [2.24, 2.45) is 5.92 Å². The van der Waals surface area contributed by atoms with Gasteiger partial charge in [-0.15, -0.1) is 0 Å². The Morgan fingerprint density at radius 3 is 2.70 bits per heavy atom. The first-order valence-corrected chi connectivity index (χ1v) is 9.13. The SMILES string of the molecule is C[C@@H](O)c1cc(F)ccc1-c1cc(F)cnc1Cc1cnn(CC2CC2)c1. The van der Waals surface area contributed by atoms with Gasteiger partial charge in [0.2, 0.25) is 0 Å². The van der Waals surface area contributed by atoms with Gasteiger partial charge in [0.25, 0.3) is 0 Å². The monoisotopic (exact) mass is 369 g/mol. The Balaban J connectivity index is 1.69. The van der Waals surface area contributed by atoms with Crippen molar-refractivity contribution in [1.82, 2.24) is 14.8 Å². The van der Waals surface area contributed by atoms with Crippen molar-refractivity contribution in [3.8, 4) is 11.1 Å². The van der Waals surface area contributed by atoms with Crippen LogP contribution in [0.25, 0.3) is 11.1 Å². The van der Waals surface area contributed by atoms with Gasteiger partial charge in [-0.2, -0.15) is 5.10 Å². The maximum Gasteiger partial charge on any atom is 0.142 e. The summed E-state index contributed by atoms with van der Waals surface area (Å²) in [6.07, 6.45) is 7.09. The van der Waals surface area contributed by atoms with Crippen molar-refractivity contribution in [1.29, 1.82) is 0 Å². The summed E-state index contributed by atoms with van der Waals surface area (Å²) < 4.78 is 29.5. The molecule has 27 heavy (non-hydrogen) atoms. The predicted octanol–water partition coefficient (Wildman–Crippen LogP) is 4.28. The van der Waals surface area contributed by atoms with Crippen LogP contribution in [-0.4, -0.2) is 19.9 Å². The van der Waals surface area contributed by atoms with Crippen molar-refractivity contribution in [3.05, 3.63) is 71.3 Å². The Bertz CT molecular complexity index is 964. The summed E-state index contributed by atoms with van der Waals surface area (Å²) in [5, 5.41) is 14.4. The van der Waals surface area contributed by atoms with Gasteiger partial charge in [-0.25, -0.2) is 8.78 Å². The predicted molar refractivity (Wildman–Crippen MR) is 98.0 cm³/mol. The fourth-order valence-corrected chi connectivity index (χ4v) is 3.32. The van der Waals surface area contributed by atoms with Crippen LogP contribution in [0.2, 0.25) is 0 Å². The minimum atomic E-state index is -0.881. The second-order valence-corrected chi connectivity index (χ2v) is 7.25. The summed E-state index contributed by atoms with van der Waals surface area (Å²) in [5.41, 5.74) is 3.19. The zero-order valence-electron chi connectivity index (χ0n) is 15.1. The number of nitrogens with zero attached hydrogens (tertiary/aromatic N) is 3. The summed E-state index contributed by atoms with van der Waals surface area (Å²) in [7, 11) is 0. The third-order valence-corrected chi connectivity index (χ3v) is 4.89. The summed E-state index contributed by atoms with van der Waals surface area (Å²) in [6, 6.07) is 5.54. The Morgan fingerprint density at radius 1 is 1.15 bits per heavy atom. The molecule has 1 saturated carbocycles. The van der Waals surface area contributed by atoms with E-state index < -0.39 is 17.7 Å². The number of halogens is 2. The molecule has 0 radical (unpaired) electrons. The molecule has 0 spiro atoms. The Morgan fingerprint density at radius 2 is 1.96 bits per heavy atom. The number of aliphatic hydroxyl groups excluding tert-OH is 1. The summed E-state index contributed by atoms with van der Waals surface area (Å²) >= 11 is 0. The number of pyridine rings is 1. The molecule has 140 valence electrons. The quantitative estimate of drug-likeness (QED) is 0.706. The maximum atomic E-state index is 13.9. The van der Waals surface area contributed by atoms with Crippen LogP contribution in [0.15, 0.2) is 42.9 Å². The highest BCUT2D eigenvalue weighted by Gasteiger charge is 2.22. The van der Waals surface area contributed by atoms with Gasteiger partial charge in [0, 0.05) is 24.7 Å². The van der Waals surface area contributed by atoms with E-state index in [2.05, 4.69) is 10.1 Å². The smallest absolute Gasteiger partial charge is 0.142 e. The number of hydrogen-bond acceptors (Lipinski definition) is 3. The Kier molecular flexibility index (Phi) is 4.74. The molecule has 1 N–H and O–H groups in total. The van der Waals surface area contributed by atoms with E-state index in [1.165, 1.54) is 37.2 Å². The maximum absolute atomic E-state index is 13.9. The molecule has 3 aromatic rings. The van der Waals surface area contributed by atoms with Crippen LogP contribution in [0.5, 0.6) is 0 Å². The van der Waals surface area contributed by atoms with Gasteiger partial charge in [-0.3, -0.25) is 9.67 Å². The van der Waals surface area contributed by atoms with E-state index in [-0.39, 0.29) is 0 Å². The molecule has 0 bridgehead atoms. The fourth-order valence-electron chi connectivity index (χ4n) is 3.32. The largest absolute Gasteiger partial charge is 0.389 e. The van der Waals surface area contributed by atoms with Crippen LogP contribution in [0.4, 0.5) is 8.78 Å². The molecule has 0 unspecified atom stereocenters.